The Kier molecular flexibility index (Phi) is 7.13. The molecule has 0 N–H and O–H groups in total. The third-order valence-corrected chi connectivity index (χ3v) is 2.98. The van der Waals surface area contributed by atoms with Gasteiger partial charge in [-0.25, -0.2) is 4.79 Å². The molecule has 0 heterocycles. The minimum absolute atomic E-state index is 0.264. The molecule has 0 aliphatic rings. The SMILES string of the molecule is CC(C)CCOC(=O)c1ccc(OCCC(C)C)cc1. The summed E-state index contributed by atoms with van der Waals surface area (Å²) in [5.74, 6) is 1.70. The number of carbonyl (C=O) groups excluding carboxylic acids is 1. The van der Waals surface area contributed by atoms with Gasteiger partial charge in [-0.3, -0.25) is 0 Å². The Morgan fingerprint density at radius 1 is 0.950 bits per heavy atom. The fourth-order valence-electron chi connectivity index (χ4n) is 1.57. The van der Waals surface area contributed by atoms with Crippen molar-refractivity contribution in [3.05, 3.63) is 29.8 Å². The first-order chi connectivity index (χ1) is 9.49. The van der Waals surface area contributed by atoms with E-state index in [9.17, 15) is 4.79 Å². The van der Waals surface area contributed by atoms with Gasteiger partial charge in [0.25, 0.3) is 0 Å². The van der Waals surface area contributed by atoms with Gasteiger partial charge in [-0.15, -0.1) is 0 Å². The molecule has 0 aliphatic heterocycles. The highest BCUT2D eigenvalue weighted by atomic mass is 16.5. The smallest absolute Gasteiger partial charge is 0.338 e. The summed E-state index contributed by atoms with van der Waals surface area (Å²) in [6, 6.07) is 7.14. The number of hydrogen-bond donors (Lipinski definition) is 0. The van der Waals surface area contributed by atoms with Crippen molar-refractivity contribution in [3.63, 3.8) is 0 Å². The summed E-state index contributed by atoms with van der Waals surface area (Å²) in [5.41, 5.74) is 0.574. The normalized spacial score (nSPS) is 10.9. The van der Waals surface area contributed by atoms with Crippen LogP contribution in [-0.4, -0.2) is 19.2 Å². The third-order valence-electron chi connectivity index (χ3n) is 2.98. The molecule has 0 atom stereocenters. The molecule has 0 saturated carbocycles. The molecule has 0 radical (unpaired) electrons. The lowest BCUT2D eigenvalue weighted by Crippen LogP contribution is -2.08. The summed E-state index contributed by atoms with van der Waals surface area (Å²) in [5, 5.41) is 0. The highest BCUT2D eigenvalue weighted by Crippen LogP contribution is 2.14. The second-order valence-electron chi connectivity index (χ2n) is 5.87. The third kappa shape index (κ3) is 6.60. The highest BCUT2D eigenvalue weighted by molar-refractivity contribution is 5.89. The van der Waals surface area contributed by atoms with Crippen LogP contribution < -0.4 is 4.74 Å². The zero-order chi connectivity index (χ0) is 15.0. The molecule has 0 bridgehead atoms. The minimum Gasteiger partial charge on any atom is -0.494 e. The lowest BCUT2D eigenvalue weighted by molar-refractivity contribution is 0.0488. The number of rotatable bonds is 8. The van der Waals surface area contributed by atoms with Gasteiger partial charge in [0.2, 0.25) is 0 Å². The molecule has 112 valence electrons. The van der Waals surface area contributed by atoms with Crippen LogP contribution in [0.5, 0.6) is 5.75 Å². The van der Waals surface area contributed by atoms with Crippen molar-refractivity contribution in [3.8, 4) is 5.75 Å². The lowest BCUT2D eigenvalue weighted by Gasteiger charge is -2.09. The number of hydrogen-bond acceptors (Lipinski definition) is 3. The van der Waals surface area contributed by atoms with E-state index in [4.69, 9.17) is 9.47 Å². The highest BCUT2D eigenvalue weighted by Gasteiger charge is 2.07. The first kappa shape index (κ1) is 16.5. The van der Waals surface area contributed by atoms with Gasteiger partial charge in [-0.05, 0) is 48.9 Å². The Labute approximate surface area is 122 Å². The van der Waals surface area contributed by atoms with Gasteiger partial charge >= 0.3 is 5.97 Å². The van der Waals surface area contributed by atoms with Crippen LogP contribution in [0.4, 0.5) is 0 Å². The summed E-state index contributed by atoms with van der Waals surface area (Å²) >= 11 is 0. The Morgan fingerprint density at radius 2 is 1.50 bits per heavy atom. The van der Waals surface area contributed by atoms with Crippen molar-refractivity contribution >= 4 is 5.97 Å². The molecule has 0 saturated heterocycles. The monoisotopic (exact) mass is 278 g/mol. The number of carbonyl (C=O) groups is 1. The van der Waals surface area contributed by atoms with E-state index in [1.54, 1.807) is 12.1 Å². The summed E-state index contributed by atoms with van der Waals surface area (Å²) in [7, 11) is 0. The maximum Gasteiger partial charge on any atom is 0.338 e. The molecule has 0 aromatic heterocycles. The first-order valence-corrected chi connectivity index (χ1v) is 7.39. The van der Waals surface area contributed by atoms with Crippen LogP contribution in [0.2, 0.25) is 0 Å². The van der Waals surface area contributed by atoms with Crippen LogP contribution in [0.25, 0.3) is 0 Å². The first-order valence-electron chi connectivity index (χ1n) is 7.39. The fourth-order valence-corrected chi connectivity index (χ4v) is 1.57. The average Bonchev–Trinajstić information content (AvgIpc) is 2.38. The van der Waals surface area contributed by atoms with Crippen molar-refractivity contribution in [2.75, 3.05) is 13.2 Å². The molecule has 3 nitrogen and oxygen atoms in total. The molecule has 1 aromatic carbocycles. The molecule has 0 aliphatic carbocycles. The van der Waals surface area contributed by atoms with Gasteiger partial charge in [-0.2, -0.15) is 0 Å². The van der Waals surface area contributed by atoms with E-state index in [1.807, 2.05) is 12.1 Å². The van der Waals surface area contributed by atoms with Gasteiger partial charge < -0.3 is 9.47 Å². The van der Waals surface area contributed by atoms with Gasteiger partial charge in [0, 0.05) is 0 Å². The predicted octanol–water partition coefficient (Wildman–Crippen LogP) is 4.31. The molecule has 1 aromatic rings. The standard InChI is InChI=1S/C17H26O3/c1-13(2)9-11-19-16-7-5-15(6-8-16)17(18)20-12-10-14(3)4/h5-8,13-14H,9-12H2,1-4H3. The van der Waals surface area contributed by atoms with Crippen molar-refractivity contribution in [2.24, 2.45) is 11.8 Å². The maximum absolute atomic E-state index is 11.8. The summed E-state index contributed by atoms with van der Waals surface area (Å²) in [4.78, 5) is 11.8. The van der Waals surface area contributed by atoms with Crippen LogP contribution in [-0.2, 0) is 4.74 Å². The van der Waals surface area contributed by atoms with Crippen molar-refractivity contribution in [2.45, 2.75) is 40.5 Å². The Bertz CT molecular complexity index is 393. The van der Waals surface area contributed by atoms with Crippen LogP contribution in [0.1, 0.15) is 50.9 Å². The van der Waals surface area contributed by atoms with Crippen LogP contribution in [0.3, 0.4) is 0 Å². The van der Waals surface area contributed by atoms with E-state index in [0.717, 1.165) is 18.6 Å². The van der Waals surface area contributed by atoms with E-state index in [0.29, 0.717) is 30.6 Å². The predicted molar refractivity (Wildman–Crippen MR) is 81.1 cm³/mol. The van der Waals surface area contributed by atoms with Gasteiger partial charge in [0.1, 0.15) is 5.75 Å². The zero-order valence-electron chi connectivity index (χ0n) is 13.0. The second kappa shape index (κ2) is 8.62. The van der Waals surface area contributed by atoms with Crippen molar-refractivity contribution in [1.29, 1.82) is 0 Å². The topological polar surface area (TPSA) is 35.5 Å². The van der Waals surface area contributed by atoms with Crippen LogP contribution in [0, 0.1) is 11.8 Å². The summed E-state index contributed by atoms with van der Waals surface area (Å²) in [6.07, 6.45) is 1.92. The zero-order valence-corrected chi connectivity index (χ0v) is 13.0. The van der Waals surface area contributed by atoms with E-state index in [1.165, 1.54) is 0 Å². The molecular weight excluding hydrogens is 252 g/mol. The van der Waals surface area contributed by atoms with Crippen molar-refractivity contribution < 1.29 is 14.3 Å². The largest absolute Gasteiger partial charge is 0.494 e. The molecular formula is C17H26O3. The second-order valence-corrected chi connectivity index (χ2v) is 5.87. The van der Waals surface area contributed by atoms with E-state index < -0.39 is 0 Å². The Hall–Kier alpha value is -1.51. The molecule has 1 rings (SSSR count). The number of esters is 1. The van der Waals surface area contributed by atoms with Gasteiger partial charge in [-0.1, -0.05) is 27.7 Å². The Morgan fingerprint density at radius 3 is 2.05 bits per heavy atom. The van der Waals surface area contributed by atoms with Crippen LogP contribution in [0.15, 0.2) is 24.3 Å². The molecule has 0 amide bonds. The number of ether oxygens (including phenoxy) is 2. The van der Waals surface area contributed by atoms with E-state index in [2.05, 4.69) is 27.7 Å². The molecule has 20 heavy (non-hydrogen) atoms. The van der Waals surface area contributed by atoms with Crippen molar-refractivity contribution in [1.82, 2.24) is 0 Å². The average molecular weight is 278 g/mol. The lowest BCUT2D eigenvalue weighted by atomic mass is 10.1. The number of benzene rings is 1. The van der Waals surface area contributed by atoms with Crippen LogP contribution >= 0.6 is 0 Å². The van der Waals surface area contributed by atoms with E-state index in [-0.39, 0.29) is 5.97 Å². The minimum atomic E-state index is -0.264. The molecule has 3 heteroatoms. The fraction of sp³-hybridized carbons (Fsp3) is 0.588. The molecule has 0 unspecified atom stereocenters. The quantitative estimate of drug-likeness (QED) is 0.664. The van der Waals surface area contributed by atoms with Gasteiger partial charge in [0.15, 0.2) is 0 Å². The summed E-state index contributed by atoms with van der Waals surface area (Å²) in [6.45, 7) is 9.73. The molecule has 0 fully saturated rings. The Balaban J connectivity index is 2.39. The summed E-state index contributed by atoms with van der Waals surface area (Å²) < 4.78 is 10.8. The van der Waals surface area contributed by atoms with Gasteiger partial charge in [0.05, 0.1) is 18.8 Å². The molecule has 0 spiro atoms. The van der Waals surface area contributed by atoms with E-state index >= 15 is 0 Å². The maximum atomic E-state index is 11.8.